The number of halogens is 3. The van der Waals surface area contributed by atoms with Crippen LogP contribution in [0.3, 0.4) is 0 Å². The summed E-state index contributed by atoms with van der Waals surface area (Å²) < 4.78 is 53.9. The fourth-order valence-corrected chi connectivity index (χ4v) is 3.65. The molecule has 0 saturated carbocycles. The van der Waals surface area contributed by atoms with Crippen molar-refractivity contribution < 1.29 is 32.3 Å². The number of hydrogen-bond donors (Lipinski definition) is 1. The molecule has 3 aromatic rings. The van der Waals surface area contributed by atoms with E-state index < -0.39 is 16.9 Å². The average molecular weight is 523 g/mol. The molecule has 10 nitrogen and oxygen atoms in total. The van der Waals surface area contributed by atoms with Gasteiger partial charge in [0.2, 0.25) is 0 Å². The summed E-state index contributed by atoms with van der Waals surface area (Å²) >= 11 is 5.39. The van der Waals surface area contributed by atoms with Gasteiger partial charge in [0.15, 0.2) is 10.7 Å². The SMILES string of the molecule is CN(C(=S)Nc1ccc(OC(F)(F)F)cc1)c1ccc(OC[C@@]2(C)Cn3cc([N+](=O)[O-])nc3O2)cc1. The first-order chi connectivity index (χ1) is 16.9. The van der Waals surface area contributed by atoms with Crippen LogP contribution in [0.4, 0.5) is 30.4 Å². The van der Waals surface area contributed by atoms with Gasteiger partial charge in [-0.1, -0.05) is 0 Å². The minimum absolute atomic E-state index is 0.174. The highest BCUT2D eigenvalue weighted by atomic mass is 32.1. The summed E-state index contributed by atoms with van der Waals surface area (Å²) in [6.45, 7) is 2.36. The third kappa shape index (κ3) is 5.94. The molecule has 0 unspecified atom stereocenters. The Morgan fingerprint density at radius 1 is 1.25 bits per heavy atom. The Bertz CT molecular complexity index is 1240. The number of fused-ring (bicyclic) bond motifs is 1. The Morgan fingerprint density at radius 2 is 1.89 bits per heavy atom. The molecule has 0 saturated heterocycles. The van der Waals surface area contributed by atoms with Gasteiger partial charge >= 0.3 is 18.2 Å². The van der Waals surface area contributed by atoms with Gasteiger partial charge in [-0.2, -0.15) is 0 Å². The molecule has 2 aromatic carbocycles. The second-order valence-electron chi connectivity index (χ2n) is 8.16. The van der Waals surface area contributed by atoms with E-state index in [-0.39, 0.29) is 24.2 Å². The molecule has 0 radical (unpaired) electrons. The molecular formula is C22H20F3N5O5S. The molecule has 1 aliphatic rings. The number of anilines is 2. The largest absolute Gasteiger partial charge is 0.573 e. The van der Waals surface area contributed by atoms with E-state index >= 15 is 0 Å². The highest BCUT2D eigenvalue weighted by Crippen LogP contribution is 2.32. The second kappa shape index (κ2) is 9.53. The van der Waals surface area contributed by atoms with Crippen LogP contribution in [0.2, 0.25) is 0 Å². The molecule has 14 heteroatoms. The van der Waals surface area contributed by atoms with Crippen molar-refractivity contribution in [2.24, 2.45) is 0 Å². The zero-order valence-electron chi connectivity index (χ0n) is 19.0. The van der Waals surface area contributed by atoms with Crippen molar-refractivity contribution in [3.8, 4) is 17.5 Å². The van der Waals surface area contributed by atoms with Gasteiger partial charge in [0.25, 0.3) is 0 Å². The number of nitrogens with zero attached hydrogens (tertiary/aromatic N) is 4. The fourth-order valence-electron chi connectivity index (χ4n) is 3.42. The lowest BCUT2D eigenvalue weighted by atomic mass is 10.1. The first-order valence-electron chi connectivity index (χ1n) is 10.4. The molecule has 2 heterocycles. The zero-order chi connectivity index (χ0) is 26.1. The van der Waals surface area contributed by atoms with Crippen LogP contribution >= 0.6 is 12.2 Å². The number of benzene rings is 2. The average Bonchev–Trinajstić information content (AvgIpc) is 3.33. The van der Waals surface area contributed by atoms with Gasteiger partial charge in [0.05, 0.1) is 6.54 Å². The smallest absolute Gasteiger partial charge is 0.489 e. The molecular weight excluding hydrogens is 503 g/mol. The Morgan fingerprint density at radius 3 is 2.47 bits per heavy atom. The minimum atomic E-state index is -4.76. The molecule has 1 aliphatic heterocycles. The Labute approximate surface area is 208 Å². The number of ether oxygens (including phenoxy) is 3. The molecule has 190 valence electrons. The summed E-state index contributed by atoms with van der Waals surface area (Å²) in [4.78, 5) is 15.8. The van der Waals surface area contributed by atoms with Gasteiger partial charge in [0.1, 0.15) is 24.3 Å². The summed E-state index contributed by atoms with van der Waals surface area (Å²) in [5.74, 6) is -0.0230. The lowest BCUT2D eigenvalue weighted by molar-refractivity contribution is -0.389. The van der Waals surface area contributed by atoms with Crippen LogP contribution in [-0.2, 0) is 6.54 Å². The van der Waals surface area contributed by atoms with E-state index in [0.717, 1.165) is 5.69 Å². The number of rotatable bonds is 7. The van der Waals surface area contributed by atoms with Crippen molar-refractivity contribution in [2.45, 2.75) is 25.4 Å². The molecule has 1 atom stereocenters. The highest BCUT2D eigenvalue weighted by molar-refractivity contribution is 7.80. The van der Waals surface area contributed by atoms with Crippen LogP contribution in [0.25, 0.3) is 0 Å². The van der Waals surface area contributed by atoms with E-state index in [0.29, 0.717) is 23.1 Å². The molecule has 1 N–H and O–H groups in total. The van der Waals surface area contributed by atoms with E-state index in [2.05, 4.69) is 15.0 Å². The third-order valence-electron chi connectivity index (χ3n) is 5.17. The van der Waals surface area contributed by atoms with Gasteiger partial charge < -0.3 is 34.5 Å². The molecule has 1 aromatic heterocycles. The topological polar surface area (TPSA) is 104 Å². The number of aromatic nitrogens is 2. The number of alkyl halides is 3. The third-order valence-corrected chi connectivity index (χ3v) is 5.54. The Kier molecular flexibility index (Phi) is 6.63. The van der Waals surface area contributed by atoms with Crippen molar-refractivity contribution in [2.75, 3.05) is 23.9 Å². The predicted molar refractivity (Wildman–Crippen MR) is 128 cm³/mol. The van der Waals surface area contributed by atoms with Crippen LogP contribution in [0, 0.1) is 10.1 Å². The van der Waals surface area contributed by atoms with Crippen molar-refractivity contribution in [3.63, 3.8) is 0 Å². The quantitative estimate of drug-likeness (QED) is 0.267. The van der Waals surface area contributed by atoms with Crippen LogP contribution in [0.5, 0.6) is 17.5 Å². The van der Waals surface area contributed by atoms with Gasteiger partial charge in [-0.25, -0.2) is 0 Å². The van der Waals surface area contributed by atoms with Crippen LogP contribution in [0.1, 0.15) is 6.92 Å². The second-order valence-corrected chi connectivity index (χ2v) is 8.55. The number of thiocarbonyl (C=S) groups is 1. The monoisotopic (exact) mass is 523 g/mol. The number of hydrogen-bond acceptors (Lipinski definition) is 7. The Hall–Kier alpha value is -4.07. The number of imidazole rings is 1. The first kappa shape index (κ1) is 25.0. The minimum Gasteiger partial charge on any atom is -0.489 e. The zero-order valence-corrected chi connectivity index (χ0v) is 19.8. The maximum Gasteiger partial charge on any atom is 0.573 e. The van der Waals surface area contributed by atoms with E-state index in [9.17, 15) is 23.3 Å². The lowest BCUT2D eigenvalue weighted by Gasteiger charge is -2.23. The molecule has 0 amide bonds. The number of nitrogens with one attached hydrogen (secondary N) is 1. The Balaban J connectivity index is 1.29. The van der Waals surface area contributed by atoms with Crippen molar-refractivity contribution in [1.82, 2.24) is 9.55 Å². The first-order valence-corrected chi connectivity index (χ1v) is 10.9. The standard InChI is InChI=1S/C22H20F3N5O5S/c1-21(12-29-11-18(30(31)32)27-19(29)35-21)13-33-16-9-5-15(6-10-16)28(2)20(36)26-14-3-7-17(8-4-14)34-22(23,24)25/h3-11H,12-13H2,1-2H3,(H,26,36)/t21-/m1/s1. The van der Waals surface area contributed by atoms with Crippen LogP contribution < -0.4 is 24.4 Å². The van der Waals surface area contributed by atoms with Crippen molar-refractivity contribution >= 4 is 34.5 Å². The lowest BCUT2D eigenvalue weighted by Crippen LogP contribution is -2.38. The highest BCUT2D eigenvalue weighted by Gasteiger charge is 2.41. The maximum absolute atomic E-state index is 12.3. The molecule has 4 rings (SSSR count). The summed E-state index contributed by atoms with van der Waals surface area (Å²) in [6.07, 6.45) is -3.43. The van der Waals surface area contributed by atoms with Gasteiger partial charge in [-0.3, -0.25) is 4.57 Å². The van der Waals surface area contributed by atoms with Crippen molar-refractivity contribution in [1.29, 1.82) is 0 Å². The van der Waals surface area contributed by atoms with E-state index in [4.69, 9.17) is 21.7 Å². The maximum atomic E-state index is 12.3. The molecule has 0 spiro atoms. The summed E-state index contributed by atoms with van der Waals surface area (Å²) in [6, 6.07) is 12.5. The van der Waals surface area contributed by atoms with Gasteiger partial charge in [-0.05, 0) is 72.6 Å². The van der Waals surface area contributed by atoms with Gasteiger partial charge in [0, 0.05) is 23.4 Å². The van der Waals surface area contributed by atoms with E-state index in [1.807, 2.05) is 6.92 Å². The normalized spacial score (nSPS) is 16.6. The fraction of sp³-hybridized carbons (Fsp3) is 0.273. The van der Waals surface area contributed by atoms with E-state index in [1.165, 1.54) is 30.5 Å². The molecule has 36 heavy (non-hydrogen) atoms. The van der Waals surface area contributed by atoms with E-state index in [1.54, 1.807) is 40.8 Å². The molecule has 0 bridgehead atoms. The number of nitro groups is 1. The van der Waals surface area contributed by atoms with Gasteiger partial charge in [-0.15, -0.1) is 13.2 Å². The summed E-state index contributed by atoms with van der Waals surface area (Å²) in [5.41, 5.74) is 0.503. The molecule has 0 aliphatic carbocycles. The summed E-state index contributed by atoms with van der Waals surface area (Å²) in [5, 5.41) is 14.1. The molecule has 0 fully saturated rings. The van der Waals surface area contributed by atoms with Crippen LogP contribution in [0.15, 0.2) is 54.7 Å². The van der Waals surface area contributed by atoms with Crippen LogP contribution in [-0.4, -0.2) is 45.2 Å². The predicted octanol–water partition coefficient (Wildman–Crippen LogP) is 4.75. The van der Waals surface area contributed by atoms with Crippen molar-refractivity contribution in [3.05, 3.63) is 64.8 Å². The summed E-state index contributed by atoms with van der Waals surface area (Å²) in [7, 11) is 1.74.